The molecule has 1 unspecified atom stereocenters. The van der Waals surface area contributed by atoms with Gasteiger partial charge in [-0.05, 0) is 31.4 Å². The number of nitrogens with zero attached hydrogens (tertiary/aromatic N) is 2. The Morgan fingerprint density at radius 3 is 3.18 bits per heavy atom. The molecule has 3 heteroatoms. The number of anilines is 1. The van der Waals surface area contributed by atoms with E-state index in [4.69, 9.17) is 0 Å². The maximum Gasteiger partial charge on any atom is 0.133 e. The third-order valence-corrected chi connectivity index (χ3v) is 3.39. The third kappa shape index (κ3) is 3.19. The Kier molecular flexibility index (Phi) is 4.37. The predicted molar refractivity (Wildman–Crippen MR) is 72.2 cm³/mol. The number of rotatable bonds is 4. The lowest BCUT2D eigenvalue weighted by molar-refractivity contribution is 0.443. The number of piperidine rings is 1. The van der Waals surface area contributed by atoms with Gasteiger partial charge >= 0.3 is 0 Å². The van der Waals surface area contributed by atoms with Gasteiger partial charge in [0.15, 0.2) is 0 Å². The van der Waals surface area contributed by atoms with E-state index in [0.717, 1.165) is 32.1 Å². The molecule has 1 aliphatic rings. The van der Waals surface area contributed by atoms with E-state index in [2.05, 4.69) is 35.1 Å². The van der Waals surface area contributed by atoms with Crippen LogP contribution in [0.15, 0.2) is 18.3 Å². The van der Waals surface area contributed by atoms with Crippen LogP contribution in [0.5, 0.6) is 0 Å². The molecule has 0 spiro atoms. The van der Waals surface area contributed by atoms with Crippen LogP contribution in [0.25, 0.3) is 0 Å². The molecule has 2 rings (SSSR count). The van der Waals surface area contributed by atoms with E-state index in [-0.39, 0.29) is 0 Å². The number of hydrogen-bond donors (Lipinski definition) is 1. The standard InChI is InChI=1S/C14H23N3/c1-3-15-10-13-7-4-8-16-14(13)17-9-5-6-12(2)11-17/h4,7-8,12,15H,3,5-6,9-11H2,1-2H3. The van der Waals surface area contributed by atoms with Gasteiger partial charge in [-0.3, -0.25) is 0 Å². The third-order valence-electron chi connectivity index (χ3n) is 3.39. The summed E-state index contributed by atoms with van der Waals surface area (Å²) >= 11 is 0. The smallest absolute Gasteiger partial charge is 0.133 e. The van der Waals surface area contributed by atoms with Crippen LogP contribution in [-0.4, -0.2) is 24.6 Å². The monoisotopic (exact) mass is 233 g/mol. The molecule has 1 aliphatic heterocycles. The minimum atomic E-state index is 0.790. The van der Waals surface area contributed by atoms with E-state index >= 15 is 0 Å². The number of aromatic nitrogens is 1. The van der Waals surface area contributed by atoms with Crippen molar-refractivity contribution in [1.82, 2.24) is 10.3 Å². The molecule has 94 valence electrons. The lowest BCUT2D eigenvalue weighted by Gasteiger charge is -2.33. The minimum absolute atomic E-state index is 0.790. The maximum absolute atomic E-state index is 4.58. The SMILES string of the molecule is CCNCc1cccnc1N1CCCC(C)C1. The molecule has 1 atom stereocenters. The summed E-state index contributed by atoms with van der Waals surface area (Å²) in [6, 6.07) is 4.22. The second kappa shape index (κ2) is 6.01. The molecule has 3 nitrogen and oxygen atoms in total. The van der Waals surface area contributed by atoms with Crippen LogP contribution in [0.1, 0.15) is 32.3 Å². The second-order valence-corrected chi connectivity index (χ2v) is 4.96. The van der Waals surface area contributed by atoms with Crippen molar-refractivity contribution < 1.29 is 0 Å². The molecule has 0 aromatic carbocycles. The summed E-state index contributed by atoms with van der Waals surface area (Å²) in [5, 5.41) is 3.39. The van der Waals surface area contributed by atoms with Crippen molar-refractivity contribution in [3.63, 3.8) is 0 Å². The molecule has 17 heavy (non-hydrogen) atoms. The Morgan fingerprint density at radius 1 is 1.53 bits per heavy atom. The molecule has 0 aliphatic carbocycles. The van der Waals surface area contributed by atoms with Gasteiger partial charge in [-0.15, -0.1) is 0 Å². The highest BCUT2D eigenvalue weighted by atomic mass is 15.2. The largest absolute Gasteiger partial charge is 0.356 e. The first kappa shape index (κ1) is 12.4. The van der Waals surface area contributed by atoms with Crippen LogP contribution in [0, 0.1) is 5.92 Å². The van der Waals surface area contributed by atoms with Gasteiger partial charge in [-0.1, -0.05) is 19.9 Å². The second-order valence-electron chi connectivity index (χ2n) is 4.96. The summed E-state index contributed by atoms with van der Waals surface area (Å²) in [7, 11) is 0. The highest BCUT2D eigenvalue weighted by Crippen LogP contribution is 2.23. The Hall–Kier alpha value is -1.09. The fourth-order valence-electron chi connectivity index (χ4n) is 2.49. The first-order chi connectivity index (χ1) is 8.31. The van der Waals surface area contributed by atoms with E-state index in [9.17, 15) is 0 Å². The van der Waals surface area contributed by atoms with Gasteiger partial charge in [-0.25, -0.2) is 4.98 Å². The summed E-state index contributed by atoms with van der Waals surface area (Å²) < 4.78 is 0. The molecule has 1 saturated heterocycles. The number of nitrogens with one attached hydrogen (secondary N) is 1. The molecule has 1 aromatic rings. The van der Waals surface area contributed by atoms with Crippen LogP contribution in [-0.2, 0) is 6.54 Å². The van der Waals surface area contributed by atoms with Crippen molar-refractivity contribution in [3.8, 4) is 0 Å². The molecule has 1 aromatic heterocycles. The molecule has 1 fully saturated rings. The zero-order valence-electron chi connectivity index (χ0n) is 10.9. The quantitative estimate of drug-likeness (QED) is 0.865. The Balaban J connectivity index is 2.12. The fraction of sp³-hybridized carbons (Fsp3) is 0.643. The summed E-state index contributed by atoms with van der Waals surface area (Å²) in [5.74, 6) is 1.97. The Bertz CT molecular complexity index is 351. The summed E-state index contributed by atoms with van der Waals surface area (Å²) in [4.78, 5) is 7.02. The molecule has 0 saturated carbocycles. The van der Waals surface area contributed by atoms with E-state index < -0.39 is 0 Å². The average Bonchev–Trinajstić information content (AvgIpc) is 2.37. The molecule has 2 heterocycles. The van der Waals surface area contributed by atoms with Gasteiger partial charge in [0, 0.05) is 31.4 Å². The molecule has 1 N–H and O–H groups in total. The Morgan fingerprint density at radius 2 is 2.41 bits per heavy atom. The van der Waals surface area contributed by atoms with E-state index in [0.29, 0.717) is 0 Å². The van der Waals surface area contributed by atoms with E-state index in [1.807, 2.05) is 12.3 Å². The van der Waals surface area contributed by atoms with Crippen LogP contribution in [0.3, 0.4) is 0 Å². The van der Waals surface area contributed by atoms with Gasteiger partial charge in [-0.2, -0.15) is 0 Å². The van der Waals surface area contributed by atoms with Crippen LogP contribution in [0.2, 0.25) is 0 Å². The van der Waals surface area contributed by atoms with Crippen molar-refractivity contribution in [1.29, 1.82) is 0 Å². The first-order valence-corrected chi connectivity index (χ1v) is 6.70. The van der Waals surface area contributed by atoms with Crippen LogP contribution in [0.4, 0.5) is 5.82 Å². The van der Waals surface area contributed by atoms with Gasteiger partial charge in [0.2, 0.25) is 0 Å². The zero-order chi connectivity index (χ0) is 12.1. The zero-order valence-corrected chi connectivity index (χ0v) is 10.9. The van der Waals surface area contributed by atoms with Gasteiger partial charge in [0.05, 0.1) is 0 Å². The topological polar surface area (TPSA) is 28.2 Å². The van der Waals surface area contributed by atoms with Gasteiger partial charge in [0.1, 0.15) is 5.82 Å². The van der Waals surface area contributed by atoms with Crippen molar-refractivity contribution in [3.05, 3.63) is 23.9 Å². The van der Waals surface area contributed by atoms with E-state index in [1.54, 1.807) is 0 Å². The molecule has 0 amide bonds. The van der Waals surface area contributed by atoms with Gasteiger partial charge < -0.3 is 10.2 Å². The van der Waals surface area contributed by atoms with Gasteiger partial charge in [0.25, 0.3) is 0 Å². The van der Waals surface area contributed by atoms with Crippen molar-refractivity contribution in [2.45, 2.75) is 33.2 Å². The number of pyridine rings is 1. The van der Waals surface area contributed by atoms with Crippen molar-refractivity contribution in [2.24, 2.45) is 5.92 Å². The number of hydrogen-bond acceptors (Lipinski definition) is 3. The van der Waals surface area contributed by atoms with Crippen LogP contribution < -0.4 is 10.2 Å². The normalized spacial score (nSPS) is 20.6. The molecular weight excluding hydrogens is 210 g/mol. The van der Waals surface area contributed by atoms with Crippen LogP contribution >= 0.6 is 0 Å². The lowest BCUT2D eigenvalue weighted by atomic mass is 10.00. The summed E-state index contributed by atoms with van der Waals surface area (Å²) in [6.45, 7) is 8.70. The highest BCUT2D eigenvalue weighted by Gasteiger charge is 2.19. The highest BCUT2D eigenvalue weighted by molar-refractivity contribution is 5.47. The first-order valence-electron chi connectivity index (χ1n) is 6.70. The minimum Gasteiger partial charge on any atom is -0.356 e. The Labute approximate surface area is 104 Å². The summed E-state index contributed by atoms with van der Waals surface area (Å²) in [6.07, 6.45) is 4.55. The van der Waals surface area contributed by atoms with Crippen molar-refractivity contribution in [2.75, 3.05) is 24.5 Å². The van der Waals surface area contributed by atoms with Crippen molar-refractivity contribution >= 4 is 5.82 Å². The summed E-state index contributed by atoms with van der Waals surface area (Å²) in [5.41, 5.74) is 1.32. The molecule has 0 radical (unpaired) electrons. The average molecular weight is 233 g/mol. The predicted octanol–water partition coefficient (Wildman–Crippen LogP) is 2.43. The fourth-order valence-corrected chi connectivity index (χ4v) is 2.49. The molecular formula is C14H23N3. The van der Waals surface area contributed by atoms with E-state index in [1.165, 1.54) is 24.2 Å². The lowest BCUT2D eigenvalue weighted by Crippen LogP contribution is -2.35. The maximum atomic E-state index is 4.58. The molecule has 0 bridgehead atoms.